The molecule has 0 aliphatic heterocycles. The summed E-state index contributed by atoms with van der Waals surface area (Å²) < 4.78 is 20.1. The van der Waals surface area contributed by atoms with E-state index in [2.05, 4.69) is 21.2 Å². The van der Waals surface area contributed by atoms with Crippen LogP contribution in [-0.4, -0.2) is 35.4 Å². The molecule has 1 fully saturated rings. The first-order valence-electron chi connectivity index (χ1n) is 11.1. The van der Waals surface area contributed by atoms with E-state index in [4.69, 9.17) is 4.74 Å². The first-order chi connectivity index (χ1) is 15.4. The van der Waals surface area contributed by atoms with Crippen molar-refractivity contribution in [3.8, 4) is 5.75 Å². The Morgan fingerprint density at radius 1 is 1.19 bits per heavy atom. The monoisotopic (exact) mass is 504 g/mol. The molecule has 0 saturated heterocycles. The molecule has 2 aromatic carbocycles. The van der Waals surface area contributed by atoms with E-state index in [1.54, 1.807) is 23.1 Å². The quantitative estimate of drug-likeness (QED) is 0.514. The minimum Gasteiger partial charge on any atom is -0.484 e. The van der Waals surface area contributed by atoms with Crippen LogP contribution in [0.3, 0.4) is 0 Å². The van der Waals surface area contributed by atoms with E-state index >= 15 is 0 Å². The summed E-state index contributed by atoms with van der Waals surface area (Å²) in [4.78, 5) is 27.8. The van der Waals surface area contributed by atoms with Gasteiger partial charge in [0.1, 0.15) is 17.6 Å². The fraction of sp³-hybridized carbons (Fsp3) is 0.440. The van der Waals surface area contributed by atoms with Crippen LogP contribution in [0.25, 0.3) is 0 Å². The Morgan fingerprint density at radius 2 is 1.88 bits per heavy atom. The van der Waals surface area contributed by atoms with Crippen LogP contribution in [0, 0.1) is 12.7 Å². The van der Waals surface area contributed by atoms with E-state index in [1.807, 2.05) is 26.0 Å². The van der Waals surface area contributed by atoms with Gasteiger partial charge in [-0.2, -0.15) is 0 Å². The van der Waals surface area contributed by atoms with Crippen molar-refractivity contribution in [2.45, 2.75) is 64.6 Å². The molecule has 0 aromatic heterocycles. The van der Waals surface area contributed by atoms with Gasteiger partial charge in [-0.05, 0) is 67.6 Å². The highest BCUT2D eigenvalue weighted by Crippen LogP contribution is 2.22. The molecule has 0 spiro atoms. The van der Waals surface area contributed by atoms with E-state index < -0.39 is 6.04 Å². The van der Waals surface area contributed by atoms with Gasteiger partial charge in [-0.3, -0.25) is 9.59 Å². The minimum absolute atomic E-state index is 0.144. The number of benzene rings is 2. The van der Waals surface area contributed by atoms with Crippen molar-refractivity contribution in [1.29, 1.82) is 0 Å². The molecule has 2 aromatic rings. The average molecular weight is 505 g/mol. The molecule has 3 rings (SSSR count). The highest BCUT2D eigenvalue weighted by atomic mass is 79.9. The maximum Gasteiger partial charge on any atom is 0.261 e. The van der Waals surface area contributed by atoms with Gasteiger partial charge >= 0.3 is 0 Å². The van der Waals surface area contributed by atoms with Crippen molar-refractivity contribution in [2.75, 3.05) is 6.61 Å². The predicted molar refractivity (Wildman–Crippen MR) is 126 cm³/mol. The molecule has 2 amide bonds. The van der Waals surface area contributed by atoms with Gasteiger partial charge in [-0.15, -0.1) is 0 Å². The summed E-state index contributed by atoms with van der Waals surface area (Å²) >= 11 is 3.45. The Bertz CT molecular complexity index is 929. The standard InChI is InChI=1S/C25H30BrFN2O3/c1-3-23(25(31)28-20-6-4-5-7-20)29(15-18-8-10-19(27)11-9-18)24(30)16-32-21-12-13-22(26)17(2)14-21/h8-14,20,23H,3-7,15-16H2,1-2H3,(H,28,31). The topological polar surface area (TPSA) is 58.6 Å². The molecule has 1 atom stereocenters. The summed E-state index contributed by atoms with van der Waals surface area (Å²) in [7, 11) is 0. The second kappa shape index (κ2) is 11.5. The van der Waals surface area contributed by atoms with Crippen molar-refractivity contribution in [2.24, 2.45) is 0 Å². The van der Waals surface area contributed by atoms with E-state index in [0.717, 1.165) is 41.3 Å². The van der Waals surface area contributed by atoms with E-state index in [1.165, 1.54) is 12.1 Å². The predicted octanol–water partition coefficient (Wildman–Crippen LogP) is 5.14. The molecular formula is C25H30BrFN2O3. The number of carbonyl (C=O) groups is 2. The fourth-order valence-corrected chi connectivity index (χ4v) is 4.26. The van der Waals surface area contributed by atoms with Crippen LogP contribution >= 0.6 is 15.9 Å². The zero-order valence-corrected chi connectivity index (χ0v) is 20.2. The Morgan fingerprint density at radius 3 is 2.50 bits per heavy atom. The molecule has 1 aliphatic rings. The fourth-order valence-electron chi connectivity index (χ4n) is 4.01. The Kier molecular flexibility index (Phi) is 8.67. The molecule has 1 aliphatic carbocycles. The highest BCUT2D eigenvalue weighted by Gasteiger charge is 2.30. The number of hydrogen-bond acceptors (Lipinski definition) is 3. The first-order valence-corrected chi connectivity index (χ1v) is 11.9. The van der Waals surface area contributed by atoms with E-state index in [-0.39, 0.29) is 36.8 Å². The summed E-state index contributed by atoms with van der Waals surface area (Å²) in [6.07, 6.45) is 4.64. The van der Waals surface area contributed by atoms with Crippen LogP contribution in [0.15, 0.2) is 46.9 Å². The molecule has 32 heavy (non-hydrogen) atoms. The van der Waals surface area contributed by atoms with Crippen molar-refractivity contribution in [1.82, 2.24) is 10.2 Å². The number of rotatable bonds is 9. The zero-order valence-electron chi connectivity index (χ0n) is 18.6. The molecule has 0 bridgehead atoms. The number of aryl methyl sites for hydroxylation is 1. The van der Waals surface area contributed by atoms with Gasteiger partial charge in [0.25, 0.3) is 5.91 Å². The van der Waals surface area contributed by atoms with Gasteiger partial charge in [0.2, 0.25) is 5.91 Å². The second-order valence-corrected chi connectivity index (χ2v) is 9.12. The Labute approximate surface area is 197 Å². The third kappa shape index (κ3) is 6.55. The van der Waals surface area contributed by atoms with Gasteiger partial charge in [-0.25, -0.2) is 4.39 Å². The molecule has 1 unspecified atom stereocenters. The Hall–Kier alpha value is -2.41. The van der Waals surface area contributed by atoms with Crippen LogP contribution in [0.2, 0.25) is 0 Å². The summed E-state index contributed by atoms with van der Waals surface area (Å²) in [6, 6.07) is 11.0. The number of nitrogens with zero attached hydrogens (tertiary/aromatic N) is 1. The Balaban J connectivity index is 1.75. The number of nitrogens with one attached hydrogen (secondary N) is 1. The molecular weight excluding hydrogens is 475 g/mol. The third-order valence-electron chi connectivity index (χ3n) is 5.85. The van der Waals surface area contributed by atoms with Gasteiger partial charge in [0, 0.05) is 17.1 Å². The second-order valence-electron chi connectivity index (χ2n) is 8.26. The number of carbonyl (C=O) groups excluding carboxylic acids is 2. The smallest absolute Gasteiger partial charge is 0.261 e. The lowest BCUT2D eigenvalue weighted by atomic mass is 10.1. The summed E-state index contributed by atoms with van der Waals surface area (Å²) in [6.45, 7) is 3.86. The maximum absolute atomic E-state index is 13.4. The highest BCUT2D eigenvalue weighted by molar-refractivity contribution is 9.10. The SMILES string of the molecule is CCC(C(=O)NC1CCCC1)N(Cc1ccc(F)cc1)C(=O)COc1ccc(Br)c(C)c1. The minimum atomic E-state index is -0.622. The molecule has 1 saturated carbocycles. The lowest BCUT2D eigenvalue weighted by Crippen LogP contribution is -2.52. The number of amides is 2. The molecule has 0 radical (unpaired) electrons. The van der Waals surface area contributed by atoms with Crippen molar-refractivity contribution < 1.29 is 18.7 Å². The third-order valence-corrected chi connectivity index (χ3v) is 6.74. The molecule has 5 nitrogen and oxygen atoms in total. The van der Waals surface area contributed by atoms with E-state index in [9.17, 15) is 14.0 Å². The summed E-state index contributed by atoms with van der Waals surface area (Å²) in [5.41, 5.74) is 1.76. The van der Waals surface area contributed by atoms with Gasteiger partial charge in [-0.1, -0.05) is 47.8 Å². The van der Waals surface area contributed by atoms with Crippen LogP contribution in [-0.2, 0) is 16.1 Å². The van der Waals surface area contributed by atoms with Crippen LogP contribution in [0.4, 0.5) is 4.39 Å². The van der Waals surface area contributed by atoms with Crippen molar-refractivity contribution in [3.05, 3.63) is 63.9 Å². The van der Waals surface area contributed by atoms with Gasteiger partial charge in [0.05, 0.1) is 0 Å². The van der Waals surface area contributed by atoms with Crippen LogP contribution < -0.4 is 10.1 Å². The molecule has 0 heterocycles. The number of ether oxygens (including phenoxy) is 1. The first kappa shape index (κ1) is 24.2. The average Bonchev–Trinajstić information content (AvgIpc) is 3.28. The maximum atomic E-state index is 13.4. The van der Waals surface area contributed by atoms with Crippen LogP contribution in [0.5, 0.6) is 5.75 Å². The normalized spacial score (nSPS) is 14.8. The lowest BCUT2D eigenvalue weighted by Gasteiger charge is -2.31. The number of hydrogen-bond donors (Lipinski definition) is 1. The molecule has 1 N–H and O–H groups in total. The summed E-state index contributed by atoms with van der Waals surface area (Å²) in [5.74, 6) is -0.187. The lowest BCUT2D eigenvalue weighted by molar-refractivity contribution is -0.143. The van der Waals surface area contributed by atoms with E-state index in [0.29, 0.717) is 12.2 Å². The van der Waals surface area contributed by atoms with Gasteiger partial charge in [0.15, 0.2) is 6.61 Å². The van der Waals surface area contributed by atoms with Crippen LogP contribution in [0.1, 0.15) is 50.2 Å². The molecule has 7 heteroatoms. The zero-order chi connectivity index (χ0) is 23.1. The summed E-state index contributed by atoms with van der Waals surface area (Å²) in [5, 5.41) is 3.11. The largest absolute Gasteiger partial charge is 0.484 e. The molecule has 172 valence electrons. The number of halogens is 2. The van der Waals surface area contributed by atoms with Crippen molar-refractivity contribution in [3.63, 3.8) is 0 Å². The van der Waals surface area contributed by atoms with Crippen molar-refractivity contribution >= 4 is 27.7 Å². The van der Waals surface area contributed by atoms with Gasteiger partial charge < -0.3 is 15.0 Å².